The molecule has 0 saturated heterocycles. The minimum absolute atomic E-state index is 0.0704. The molecule has 1 heterocycles. The van der Waals surface area contributed by atoms with E-state index in [1.807, 2.05) is 44.2 Å². The van der Waals surface area contributed by atoms with E-state index in [0.29, 0.717) is 6.42 Å². The summed E-state index contributed by atoms with van der Waals surface area (Å²) < 4.78 is 0. The van der Waals surface area contributed by atoms with Gasteiger partial charge in [-0.15, -0.1) is 0 Å². The quantitative estimate of drug-likeness (QED) is 0.719. The van der Waals surface area contributed by atoms with Gasteiger partial charge in [0, 0.05) is 23.7 Å². The second-order valence-electron chi connectivity index (χ2n) is 5.09. The number of fused-ring (bicyclic) bond motifs is 1. The Labute approximate surface area is 126 Å². The third-order valence-electron chi connectivity index (χ3n) is 3.79. The molecule has 0 aliphatic heterocycles. The molecule has 1 atom stereocenters. The molecule has 3 nitrogen and oxygen atoms in total. The average molecular weight is 282 g/mol. The van der Waals surface area contributed by atoms with E-state index in [1.165, 1.54) is 0 Å². The first-order valence-corrected chi connectivity index (χ1v) is 7.65. The molecule has 0 saturated carbocycles. The summed E-state index contributed by atoms with van der Waals surface area (Å²) in [5.74, 6) is 0.199. The van der Waals surface area contributed by atoms with Gasteiger partial charge < -0.3 is 0 Å². The topological polar surface area (TPSA) is 42.3 Å². The van der Waals surface area contributed by atoms with Gasteiger partial charge in [0.25, 0.3) is 0 Å². The Bertz CT molecular complexity index is 656. The molecule has 2 rings (SSSR count). The monoisotopic (exact) mass is 282 g/mol. The van der Waals surface area contributed by atoms with Gasteiger partial charge in [0.1, 0.15) is 5.78 Å². The maximum atomic E-state index is 12.1. The molecule has 0 amide bonds. The zero-order chi connectivity index (χ0) is 15.2. The fourth-order valence-corrected chi connectivity index (χ4v) is 2.63. The van der Waals surface area contributed by atoms with Crippen molar-refractivity contribution >= 4 is 28.1 Å². The van der Waals surface area contributed by atoms with Crippen molar-refractivity contribution in [2.45, 2.75) is 40.0 Å². The van der Waals surface area contributed by atoms with Crippen molar-refractivity contribution < 1.29 is 4.79 Å². The van der Waals surface area contributed by atoms with Crippen LogP contribution in [0.1, 0.15) is 40.0 Å². The minimum Gasteiger partial charge on any atom is -0.299 e. The summed E-state index contributed by atoms with van der Waals surface area (Å²) >= 11 is 0. The molecule has 0 fully saturated rings. The number of pyridine rings is 1. The number of rotatable bonds is 6. The zero-order valence-electron chi connectivity index (χ0n) is 13.0. The number of Topliss-reactive ketones (excluding diaryl/α,β-unsaturated/α-hetero) is 1. The Kier molecular flexibility index (Phi) is 5.20. The molecule has 0 aliphatic rings. The molecule has 0 radical (unpaired) electrons. The summed E-state index contributed by atoms with van der Waals surface area (Å²) in [7, 11) is 0. The van der Waals surface area contributed by atoms with Gasteiger partial charge in [-0.25, -0.2) is 0 Å². The van der Waals surface area contributed by atoms with Gasteiger partial charge >= 0.3 is 0 Å². The Morgan fingerprint density at radius 3 is 2.57 bits per heavy atom. The molecule has 21 heavy (non-hydrogen) atoms. The van der Waals surface area contributed by atoms with Gasteiger partial charge in [-0.2, -0.15) is 0 Å². The third-order valence-corrected chi connectivity index (χ3v) is 3.79. The maximum absolute atomic E-state index is 12.1. The van der Waals surface area contributed by atoms with Crippen LogP contribution >= 0.6 is 0 Å². The van der Waals surface area contributed by atoms with Crippen molar-refractivity contribution in [3.05, 3.63) is 36.5 Å². The van der Waals surface area contributed by atoms with E-state index in [4.69, 9.17) is 4.99 Å². The highest BCUT2D eigenvalue weighted by atomic mass is 16.1. The van der Waals surface area contributed by atoms with Crippen LogP contribution in [0.2, 0.25) is 0 Å². The molecular weight excluding hydrogens is 260 g/mol. The summed E-state index contributed by atoms with van der Waals surface area (Å²) in [5, 5.41) is 1.07. The highest BCUT2D eigenvalue weighted by molar-refractivity contribution is 6.06. The van der Waals surface area contributed by atoms with Crippen molar-refractivity contribution in [1.29, 1.82) is 0 Å². The highest BCUT2D eigenvalue weighted by Crippen LogP contribution is 2.25. The number of para-hydroxylation sites is 1. The van der Waals surface area contributed by atoms with Crippen LogP contribution in [-0.2, 0) is 4.79 Å². The van der Waals surface area contributed by atoms with Gasteiger partial charge in [0.05, 0.1) is 17.1 Å². The lowest BCUT2D eigenvalue weighted by Gasteiger charge is -2.15. The molecule has 2 aromatic rings. The maximum Gasteiger partial charge on any atom is 0.141 e. The summed E-state index contributed by atoms with van der Waals surface area (Å²) in [6.45, 7) is 6.02. The van der Waals surface area contributed by atoms with Crippen molar-refractivity contribution in [3.8, 4) is 0 Å². The number of carbonyl (C=O) groups excluding carboxylic acids is 1. The van der Waals surface area contributed by atoms with Gasteiger partial charge in [-0.1, -0.05) is 39.0 Å². The van der Waals surface area contributed by atoms with Crippen LogP contribution in [0.25, 0.3) is 10.9 Å². The molecule has 0 aliphatic carbocycles. The van der Waals surface area contributed by atoms with Gasteiger partial charge in [0.15, 0.2) is 0 Å². The average Bonchev–Trinajstić information content (AvgIpc) is 2.54. The van der Waals surface area contributed by atoms with Crippen molar-refractivity contribution in [2.75, 3.05) is 0 Å². The van der Waals surface area contributed by atoms with Gasteiger partial charge in [-0.3, -0.25) is 14.8 Å². The number of ketones is 1. The molecule has 1 aromatic heterocycles. The molecule has 0 spiro atoms. The van der Waals surface area contributed by atoms with Crippen LogP contribution in [0, 0.1) is 5.92 Å². The van der Waals surface area contributed by atoms with Crippen LogP contribution in [0.15, 0.2) is 41.5 Å². The Hall–Kier alpha value is -2.03. The smallest absolute Gasteiger partial charge is 0.141 e. The predicted octanol–water partition coefficient (Wildman–Crippen LogP) is 4.72. The molecule has 0 N–H and O–H groups in total. The number of aromatic nitrogens is 1. The van der Waals surface area contributed by atoms with E-state index in [9.17, 15) is 4.79 Å². The normalized spacial score (nSPS) is 13.4. The summed E-state index contributed by atoms with van der Waals surface area (Å²) in [6.07, 6.45) is 3.93. The number of carbonyl (C=O) groups is 1. The second kappa shape index (κ2) is 7.11. The van der Waals surface area contributed by atoms with E-state index < -0.39 is 0 Å². The van der Waals surface area contributed by atoms with E-state index in [0.717, 1.165) is 35.1 Å². The first kappa shape index (κ1) is 15.4. The summed E-state index contributed by atoms with van der Waals surface area (Å²) in [5.41, 5.74) is 2.71. The molecular formula is C18H22N2O. The second-order valence-corrected chi connectivity index (χ2v) is 5.09. The molecule has 1 unspecified atom stereocenters. The third kappa shape index (κ3) is 3.35. The van der Waals surface area contributed by atoms with Crippen molar-refractivity contribution in [3.63, 3.8) is 0 Å². The van der Waals surface area contributed by atoms with Gasteiger partial charge in [-0.05, 0) is 25.0 Å². The lowest BCUT2D eigenvalue weighted by atomic mass is 9.92. The summed E-state index contributed by atoms with van der Waals surface area (Å²) in [4.78, 5) is 21.3. The van der Waals surface area contributed by atoms with Crippen molar-refractivity contribution in [2.24, 2.45) is 10.9 Å². The lowest BCUT2D eigenvalue weighted by molar-refractivity contribution is -0.120. The highest BCUT2D eigenvalue weighted by Gasteiger charge is 2.20. The van der Waals surface area contributed by atoms with Crippen LogP contribution in [-0.4, -0.2) is 16.5 Å². The molecule has 110 valence electrons. The number of hydrogen-bond donors (Lipinski definition) is 0. The van der Waals surface area contributed by atoms with Gasteiger partial charge in [0.2, 0.25) is 0 Å². The van der Waals surface area contributed by atoms with E-state index in [1.54, 1.807) is 6.20 Å². The number of aliphatic imine (C=N–C) groups is 1. The van der Waals surface area contributed by atoms with E-state index in [2.05, 4.69) is 11.9 Å². The number of nitrogens with zero attached hydrogens (tertiary/aromatic N) is 2. The molecule has 3 heteroatoms. The zero-order valence-corrected chi connectivity index (χ0v) is 13.0. The first-order valence-electron chi connectivity index (χ1n) is 7.65. The SMILES string of the molecule is CCC(=O)C(CC)/C(CC)=N\c1cccc2cccnc12. The number of benzene rings is 1. The molecule has 1 aromatic carbocycles. The largest absolute Gasteiger partial charge is 0.299 e. The van der Waals surface area contributed by atoms with E-state index in [-0.39, 0.29) is 11.7 Å². The van der Waals surface area contributed by atoms with Crippen LogP contribution in [0.5, 0.6) is 0 Å². The summed E-state index contributed by atoms with van der Waals surface area (Å²) in [6, 6.07) is 9.93. The van der Waals surface area contributed by atoms with Crippen molar-refractivity contribution in [1.82, 2.24) is 4.98 Å². The fraction of sp³-hybridized carbons (Fsp3) is 0.389. The Morgan fingerprint density at radius 2 is 1.90 bits per heavy atom. The van der Waals surface area contributed by atoms with Crippen LogP contribution in [0.3, 0.4) is 0 Å². The van der Waals surface area contributed by atoms with Crippen LogP contribution < -0.4 is 0 Å². The molecule has 0 bridgehead atoms. The minimum atomic E-state index is -0.0704. The lowest BCUT2D eigenvalue weighted by Crippen LogP contribution is -2.22. The van der Waals surface area contributed by atoms with Crippen LogP contribution in [0.4, 0.5) is 5.69 Å². The fourth-order valence-electron chi connectivity index (χ4n) is 2.63. The standard InChI is InChI=1S/C18H22N2O/c1-4-14(17(21)6-3)15(5-2)20-16-11-7-9-13-10-8-12-19-18(13)16/h7-12,14H,4-6H2,1-3H3/b20-15-. The Balaban J connectivity index is 2.49. The van der Waals surface area contributed by atoms with E-state index >= 15 is 0 Å². The predicted molar refractivity (Wildman–Crippen MR) is 88.2 cm³/mol. The first-order chi connectivity index (χ1) is 10.2. The number of hydrogen-bond acceptors (Lipinski definition) is 3. The Morgan fingerprint density at radius 1 is 1.14 bits per heavy atom.